The third-order valence-electron chi connectivity index (χ3n) is 6.60. The molecular weight excluding hydrogens is 314 g/mol. The lowest BCUT2D eigenvalue weighted by atomic mass is 9.88. The molecule has 1 aromatic heterocycles. The zero-order valence-electron chi connectivity index (χ0n) is 16.4. The number of likely N-dealkylation sites (tertiary alicyclic amines) is 1. The highest BCUT2D eigenvalue weighted by Crippen LogP contribution is 2.44. The number of hydrogen-bond acceptors (Lipinski definition) is 5. The van der Waals surface area contributed by atoms with Crippen LogP contribution >= 0.6 is 0 Å². The maximum Gasteiger partial charge on any atom is 0.226 e. The van der Waals surface area contributed by atoms with Gasteiger partial charge in [-0.25, -0.2) is 0 Å². The van der Waals surface area contributed by atoms with E-state index in [9.17, 15) is 0 Å². The molecule has 4 rings (SSSR count). The van der Waals surface area contributed by atoms with Crippen LogP contribution in [0.1, 0.15) is 64.6 Å². The first kappa shape index (κ1) is 17.3. The zero-order chi connectivity index (χ0) is 17.8. The molecule has 6 nitrogen and oxygen atoms in total. The summed E-state index contributed by atoms with van der Waals surface area (Å²) in [6, 6.07) is 0.547. The summed E-state index contributed by atoms with van der Waals surface area (Å²) < 4.78 is 8.24. The molecule has 4 heterocycles. The van der Waals surface area contributed by atoms with Crippen molar-refractivity contribution in [2.75, 3.05) is 25.0 Å². The summed E-state index contributed by atoms with van der Waals surface area (Å²) in [6.07, 6.45) is 6.71. The minimum Gasteiger partial charge on any atom is -0.374 e. The standard InChI is InChI=1S/C19H33N5O/c1-19(2,3)24-10-8-13(9-11-24)22(4)18-21-20-17(23(18)5)15-12-14-6-7-16(15)25-14/h13-16H,6-12H2,1-5H3. The summed E-state index contributed by atoms with van der Waals surface area (Å²) in [7, 11) is 4.31. The second-order valence-electron chi connectivity index (χ2n) is 9.13. The summed E-state index contributed by atoms with van der Waals surface area (Å²) in [5.74, 6) is 2.55. The fraction of sp³-hybridized carbons (Fsp3) is 0.895. The van der Waals surface area contributed by atoms with E-state index in [0.717, 1.165) is 31.3 Å². The molecule has 0 N–H and O–H groups in total. The minimum absolute atomic E-state index is 0.267. The molecule has 3 fully saturated rings. The van der Waals surface area contributed by atoms with Crippen LogP contribution in [0.4, 0.5) is 5.95 Å². The molecule has 0 amide bonds. The van der Waals surface area contributed by atoms with Crippen LogP contribution in [0, 0.1) is 0 Å². The molecule has 3 saturated heterocycles. The van der Waals surface area contributed by atoms with E-state index in [0.29, 0.717) is 24.2 Å². The largest absolute Gasteiger partial charge is 0.374 e. The molecule has 0 radical (unpaired) electrons. The van der Waals surface area contributed by atoms with E-state index in [4.69, 9.17) is 4.74 Å². The zero-order valence-corrected chi connectivity index (χ0v) is 16.4. The second-order valence-corrected chi connectivity index (χ2v) is 9.13. The van der Waals surface area contributed by atoms with Crippen molar-refractivity contribution >= 4 is 5.95 Å². The first-order valence-corrected chi connectivity index (χ1v) is 9.87. The summed E-state index contributed by atoms with van der Waals surface area (Å²) >= 11 is 0. The lowest BCUT2D eigenvalue weighted by Gasteiger charge is -2.43. The van der Waals surface area contributed by atoms with Gasteiger partial charge >= 0.3 is 0 Å². The van der Waals surface area contributed by atoms with Gasteiger partial charge in [-0.3, -0.25) is 4.90 Å². The van der Waals surface area contributed by atoms with Crippen molar-refractivity contribution < 1.29 is 4.74 Å². The third-order valence-corrected chi connectivity index (χ3v) is 6.60. The Labute approximate surface area is 151 Å². The molecule has 3 aliphatic heterocycles. The minimum atomic E-state index is 0.267. The van der Waals surface area contributed by atoms with Crippen LogP contribution in [0.3, 0.4) is 0 Å². The molecule has 3 aliphatic rings. The smallest absolute Gasteiger partial charge is 0.226 e. The molecule has 2 bridgehead atoms. The van der Waals surface area contributed by atoms with Crippen LogP contribution in [0.15, 0.2) is 0 Å². The van der Waals surface area contributed by atoms with E-state index in [1.54, 1.807) is 0 Å². The Bertz CT molecular complexity index is 614. The van der Waals surface area contributed by atoms with Gasteiger partial charge in [0, 0.05) is 44.7 Å². The SMILES string of the molecule is CN(c1nnc(C2CC3CCC2O3)n1C)C1CCN(C(C)(C)C)CC1. The highest BCUT2D eigenvalue weighted by Gasteiger charge is 2.44. The summed E-state index contributed by atoms with van der Waals surface area (Å²) in [5.41, 5.74) is 0.267. The van der Waals surface area contributed by atoms with Crippen LogP contribution in [0.5, 0.6) is 0 Å². The van der Waals surface area contributed by atoms with Crippen molar-refractivity contribution in [2.45, 2.75) is 82.6 Å². The van der Waals surface area contributed by atoms with E-state index in [1.807, 2.05) is 0 Å². The first-order chi connectivity index (χ1) is 11.8. The van der Waals surface area contributed by atoms with Crippen molar-refractivity contribution in [2.24, 2.45) is 7.05 Å². The summed E-state index contributed by atoms with van der Waals surface area (Å²) in [4.78, 5) is 4.94. The van der Waals surface area contributed by atoms with Crippen molar-refractivity contribution in [3.63, 3.8) is 0 Å². The fourth-order valence-electron chi connectivity index (χ4n) is 4.96. The monoisotopic (exact) mass is 347 g/mol. The quantitative estimate of drug-likeness (QED) is 0.841. The van der Waals surface area contributed by atoms with Gasteiger partial charge in [0.05, 0.1) is 12.2 Å². The van der Waals surface area contributed by atoms with Crippen molar-refractivity contribution in [3.05, 3.63) is 5.82 Å². The van der Waals surface area contributed by atoms with Gasteiger partial charge in [0.2, 0.25) is 5.95 Å². The van der Waals surface area contributed by atoms with E-state index in [2.05, 4.69) is 59.4 Å². The number of nitrogens with zero attached hydrogens (tertiary/aromatic N) is 5. The summed E-state index contributed by atoms with van der Waals surface area (Å²) in [6.45, 7) is 9.24. The third kappa shape index (κ3) is 3.08. The van der Waals surface area contributed by atoms with Crippen molar-refractivity contribution in [3.8, 4) is 0 Å². The molecule has 1 aromatic rings. The Kier molecular flexibility index (Phi) is 4.31. The number of aromatic nitrogens is 3. The lowest BCUT2D eigenvalue weighted by Crippen LogP contribution is -2.50. The van der Waals surface area contributed by atoms with Crippen molar-refractivity contribution in [1.29, 1.82) is 0 Å². The van der Waals surface area contributed by atoms with Crippen molar-refractivity contribution in [1.82, 2.24) is 19.7 Å². The number of rotatable bonds is 3. The Hall–Kier alpha value is -1.14. The van der Waals surface area contributed by atoms with Gasteiger partial charge in [0.1, 0.15) is 5.82 Å². The molecule has 0 spiro atoms. The molecule has 6 heteroatoms. The Morgan fingerprint density at radius 2 is 1.80 bits per heavy atom. The van der Waals surface area contributed by atoms with Gasteiger partial charge in [-0.1, -0.05) is 0 Å². The average Bonchev–Trinajstić information content (AvgIpc) is 3.28. The van der Waals surface area contributed by atoms with E-state index in [-0.39, 0.29) is 5.54 Å². The van der Waals surface area contributed by atoms with Crippen LogP contribution in [-0.4, -0.2) is 63.6 Å². The number of ether oxygens (including phenoxy) is 1. The molecule has 3 unspecified atom stereocenters. The second kappa shape index (κ2) is 6.23. The van der Waals surface area contributed by atoms with Crippen LogP contribution < -0.4 is 4.90 Å². The predicted molar refractivity (Wildman–Crippen MR) is 99.0 cm³/mol. The van der Waals surface area contributed by atoms with Gasteiger partial charge < -0.3 is 14.2 Å². The number of piperidine rings is 1. The number of fused-ring (bicyclic) bond motifs is 2. The summed E-state index contributed by atoms with van der Waals surface area (Å²) in [5, 5.41) is 9.12. The van der Waals surface area contributed by atoms with Gasteiger partial charge in [-0.05, 0) is 52.9 Å². The predicted octanol–water partition coefficient (Wildman–Crippen LogP) is 2.55. The average molecular weight is 348 g/mol. The number of hydrogen-bond donors (Lipinski definition) is 0. The maximum absolute atomic E-state index is 6.02. The normalized spacial score (nSPS) is 31.0. The van der Waals surface area contributed by atoms with E-state index in [1.165, 1.54) is 25.7 Å². The van der Waals surface area contributed by atoms with Gasteiger partial charge in [0.25, 0.3) is 0 Å². The molecule has 3 atom stereocenters. The number of anilines is 1. The Morgan fingerprint density at radius 1 is 1.08 bits per heavy atom. The lowest BCUT2D eigenvalue weighted by molar-refractivity contribution is 0.0996. The van der Waals surface area contributed by atoms with E-state index >= 15 is 0 Å². The fourth-order valence-corrected chi connectivity index (χ4v) is 4.96. The molecule has 0 saturated carbocycles. The highest BCUT2D eigenvalue weighted by molar-refractivity contribution is 5.33. The topological polar surface area (TPSA) is 46.4 Å². The maximum atomic E-state index is 6.02. The van der Waals surface area contributed by atoms with Crippen LogP contribution in [0.25, 0.3) is 0 Å². The molecule has 0 aliphatic carbocycles. The van der Waals surface area contributed by atoms with Gasteiger partial charge in [-0.2, -0.15) is 0 Å². The molecular formula is C19H33N5O. The molecule has 140 valence electrons. The highest BCUT2D eigenvalue weighted by atomic mass is 16.5. The first-order valence-electron chi connectivity index (χ1n) is 9.87. The molecule has 0 aromatic carbocycles. The van der Waals surface area contributed by atoms with Gasteiger partial charge in [-0.15, -0.1) is 10.2 Å². The Balaban J connectivity index is 1.44. The van der Waals surface area contributed by atoms with Gasteiger partial charge in [0.15, 0.2) is 0 Å². The Morgan fingerprint density at radius 3 is 2.36 bits per heavy atom. The van der Waals surface area contributed by atoms with Crippen LogP contribution in [0.2, 0.25) is 0 Å². The van der Waals surface area contributed by atoms with Crippen LogP contribution in [-0.2, 0) is 11.8 Å². The van der Waals surface area contributed by atoms with E-state index < -0.39 is 0 Å². The molecule has 25 heavy (non-hydrogen) atoms.